The Morgan fingerprint density at radius 1 is 1.17 bits per heavy atom. The number of benzene rings is 1. The minimum absolute atomic E-state index is 0.0116. The molecule has 1 aliphatic rings. The lowest BCUT2D eigenvalue weighted by atomic mass is 9.99. The van der Waals surface area contributed by atoms with E-state index in [1.165, 1.54) is 5.56 Å². The van der Waals surface area contributed by atoms with E-state index < -0.39 is 6.10 Å². The van der Waals surface area contributed by atoms with E-state index in [-0.39, 0.29) is 5.91 Å². The molecule has 1 N–H and O–H groups in total. The van der Waals surface area contributed by atoms with Gasteiger partial charge in [-0.15, -0.1) is 0 Å². The number of β-amino-alcohol motifs (C(OH)–C–C–N with tert-alkyl or cyclic N) is 1. The molecule has 1 unspecified atom stereocenters. The standard InChI is InChI=1S/C19H31N3O2/c1-14-10-15(2)18(16(3)11-14)19(24)21(5)12-17(23)13-22-8-6-20(4)7-9-22/h10-11,17,23H,6-9,12-13H2,1-5H3. The Hall–Kier alpha value is -1.43. The molecule has 5 nitrogen and oxygen atoms in total. The van der Waals surface area contributed by atoms with Crippen LogP contribution in [0.2, 0.25) is 0 Å². The van der Waals surface area contributed by atoms with Gasteiger partial charge in [-0.05, 0) is 38.9 Å². The highest BCUT2D eigenvalue weighted by molar-refractivity contribution is 5.97. The molecule has 1 fully saturated rings. The van der Waals surface area contributed by atoms with Crippen LogP contribution in [0, 0.1) is 20.8 Å². The molecule has 0 radical (unpaired) electrons. The highest BCUT2D eigenvalue weighted by Crippen LogP contribution is 2.18. The molecule has 0 saturated carbocycles. The van der Waals surface area contributed by atoms with Crippen molar-refractivity contribution in [2.75, 3.05) is 53.4 Å². The van der Waals surface area contributed by atoms with Crippen LogP contribution in [0.25, 0.3) is 0 Å². The van der Waals surface area contributed by atoms with E-state index in [4.69, 9.17) is 0 Å². The molecule has 134 valence electrons. The molecule has 24 heavy (non-hydrogen) atoms. The number of carbonyl (C=O) groups is 1. The Bertz CT molecular complexity index is 557. The fraction of sp³-hybridized carbons (Fsp3) is 0.632. The second-order valence-electron chi connectivity index (χ2n) is 7.22. The molecule has 0 aliphatic carbocycles. The van der Waals surface area contributed by atoms with Crippen molar-refractivity contribution >= 4 is 5.91 Å². The average molecular weight is 333 g/mol. The van der Waals surface area contributed by atoms with Crippen LogP contribution in [-0.2, 0) is 0 Å². The Morgan fingerprint density at radius 2 is 1.71 bits per heavy atom. The van der Waals surface area contributed by atoms with Gasteiger partial charge in [0, 0.05) is 51.9 Å². The Morgan fingerprint density at radius 3 is 2.25 bits per heavy atom. The quantitative estimate of drug-likeness (QED) is 0.882. The Kier molecular flexibility index (Phi) is 6.38. The first kappa shape index (κ1) is 18.9. The van der Waals surface area contributed by atoms with Crippen LogP contribution in [-0.4, -0.2) is 85.2 Å². The van der Waals surface area contributed by atoms with Crippen LogP contribution >= 0.6 is 0 Å². The van der Waals surface area contributed by atoms with Crippen molar-refractivity contribution in [3.8, 4) is 0 Å². The number of hydrogen-bond acceptors (Lipinski definition) is 4. The molecule has 1 heterocycles. The second kappa shape index (κ2) is 8.10. The fourth-order valence-corrected chi connectivity index (χ4v) is 3.49. The molecule has 0 aromatic heterocycles. The van der Waals surface area contributed by atoms with E-state index >= 15 is 0 Å². The molecule has 1 aromatic carbocycles. The highest BCUT2D eigenvalue weighted by Gasteiger charge is 2.22. The zero-order chi connectivity index (χ0) is 17.9. The van der Waals surface area contributed by atoms with Crippen molar-refractivity contribution < 1.29 is 9.90 Å². The molecule has 1 aromatic rings. The molecular weight excluding hydrogens is 302 g/mol. The summed E-state index contributed by atoms with van der Waals surface area (Å²) in [5.74, 6) is -0.0116. The lowest BCUT2D eigenvalue weighted by molar-refractivity contribution is 0.0501. The highest BCUT2D eigenvalue weighted by atomic mass is 16.3. The molecular formula is C19H31N3O2. The Labute approximate surface area is 145 Å². The summed E-state index contributed by atoms with van der Waals surface area (Å²) in [5.41, 5.74) is 3.92. The van der Waals surface area contributed by atoms with Crippen LogP contribution in [0.5, 0.6) is 0 Å². The summed E-state index contributed by atoms with van der Waals surface area (Å²) in [6, 6.07) is 4.07. The summed E-state index contributed by atoms with van der Waals surface area (Å²) in [5, 5.41) is 10.4. The number of carbonyl (C=O) groups excluding carboxylic acids is 1. The van der Waals surface area contributed by atoms with Gasteiger partial charge in [0.1, 0.15) is 0 Å². The largest absolute Gasteiger partial charge is 0.390 e. The van der Waals surface area contributed by atoms with Gasteiger partial charge < -0.3 is 14.9 Å². The maximum atomic E-state index is 12.8. The van der Waals surface area contributed by atoms with Gasteiger partial charge in [-0.2, -0.15) is 0 Å². The SMILES string of the molecule is Cc1cc(C)c(C(=O)N(C)CC(O)CN2CCN(C)CC2)c(C)c1. The number of amides is 1. The maximum Gasteiger partial charge on any atom is 0.254 e. The minimum Gasteiger partial charge on any atom is -0.390 e. The lowest BCUT2D eigenvalue weighted by Gasteiger charge is -2.34. The first-order valence-electron chi connectivity index (χ1n) is 8.70. The number of aryl methyl sites for hydroxylation is 3. The average Bonchev–Trinajstić information content (AvgIpc) is 2.48. The topological polar surface area (TPSA) is 47.0 Å². The van der Waals surface area contributed by atoms with Crippen LogP contribution in [0.4, 0.5) is 0 Å². The molecule has 1 aliphatic heterocycles. The minimum atomic E-state index is -0.520. The third kappa shape index (κ3) is 4.79. The van der Waals surface area contributed by atoms with Crippen LogP contribution in [0.3, 0.4) is 0 Å². The van der Waals surface area contributed by atoms with Crippen molar-refractivity contribution in [2.45, 2.75) is 26.9 Å². The van der Waals surface area contributed by atoms with Crippen molar-refractivity contribution in [1.29, 1.82) is 0 Å². The number of piperazine rings is 1. The van der Waals surface area contributed by atoms with Gasteiger partial charge >= 0.3 is 0 Å². The monoisotopic (exact) mass is 333 g/mol. The number of aliphatic hydroxyl groups is 1. The van der Waals surface area contributed by atoms with E-state index in [9.17, 15) is 9.90 Å². The van der Waals surface area contributed by atoms with Gasteiger partial charge in [-0.25, -0.2) is 0 Å². The van der Waals surface area contributed by atoms with E-state index in [1.54, 1.807) is 11.9 Å². The summed E-state index contributed by atoms with van der Waals surface area (Å²) in [6.45, 7) is 11.0. The summed E-state index contributed by atoms with van der Waals surface area (Å²) in [7, 11) is 3.89. The van der Waals surface area contributed by atoms with E-state index in [0.29, 0.717) is 13.1 Å². The van der Waals surface area contributed by atoms with Crippen LogP contribution in [0.15, 0.2) is 12.1 Å². The zero-order valence-corrected chi connectivity index (χ0v) is 15.7. The molecule has 0 spiro atoms. The summed E-state index contributed by atoms with van der Waals surface area (Å²) in [4.78, 5) is 19.0. The summed E-state index contributed by atoms with van der Waals surface area (Å²) in [6.07, 6.45) is -0.520. The fourth-order valence-electron chi connectivity index (χ4n) is 3.49. The van der Waals surface area contributed by atoms with E-state index in [0.717, 1.165) is 42.9 Å². The first-order valence-corrected chi connectivity index (χ1v) is 8.70. The predicted octanol–water partition coefficient (Wildman–Crippen LogP) is 1.29. The third-order valence-corrected chi connectivity index (χ3v) is 4.79. The van der Waals surface area contributed by atoms with Crippen LogP contribution < -0.4 is 0 Å². The van der Waals surface area contributed by atoms with Crippen molar-refractivity contribution in [1.82, 2.24) is 14.7 Å². The smallest absolute Gasteiger partial charge is 0.254 e. The number of nitrogens with zero attached hydrogens (tertiary/aromatic N) is 3. The van der Waals surface area contributed by atoms with Crippen molar-refractivity contribution in [3.05, 3.63) is 34.4 Å². The molecule has 5 heteroatoms. The van der Waals surface area contributed by atoms with Gasteiger partial charge in [-0.3, -0.25) is 9.69 Å². The molecule has 1 amide bonds. The van der Waals surface area contributed by atoms with Gasteiger partial charge in [0.05, 0.1) is 6.10 Å². The number of aliphatic hydroxyl groups excluding tert-OH is 1. The molecule has 1 atom stereocenters. The number of hydrogen-bond donors (Lipinski definition) is 1. The van der Waals surface area contributed by atoms with Gasteiger partial charge in [0.15, 0.2) is 0 Å². The van der Waals surface area contributed by atoms with Gasteiger partial charge in [-0.1, -0.05) is 17.7 Å². The van der Waals surface area contributed by atoms with E-state index in [1.807, 2.05) is 32.9 Å². The van der Waals surface area contributed by atoms with E-state index in [2.05, 4.69) is 16.8 Å². The third-order valence-electron chi connectivity index (χ3n) is 4.79. The number of likely N-dealkylation sites (N-methyl/N-ethyl adjacent to an activating group) is 2. The normalized spacial score (nSPS) is 17.8. The van der Waals surface area contributed by atoms with Gasteiger partial charge in [0.2, 0.25) is 0 Å². The first-order chi connectivity index (χ1) is 11.3. The maximum absolute atomic E-state index is 12.8. The predicted molar refractivity (Wildman–Crippen MR) is 97.6 cm³/mol. The lowest BCUT2D eigenvalue weighted by Crippen LogP contribution is -2.49. The van der Waals surface area contributed by atoms with Crippen molar-refractivity contribution in [3.63, 3.8) is 0 Å². The molecule has 0 bridgehead atoms. The molecule has 1 saturated heterocycles. The number of rotatable bonds is 5. The van der Waals surface area contributed by atoms with Crippen LogP contribution in [0.1, 0.15) is 27.0 Å². The summed E-state index contributed by atoms with van der Waals surface area (Å²) < 4.78 is 0. The van der Waals surface area contributed by atoms with Crippen molar-refractivity contribution in [2.24, 2.45) is 0 Å². The van der Waals surface area contributed by atoms with Gasteiger partial charge in [0.25, 0.3) is 5.91 Å². The summed E-state index contributed by atoms with van der Waals surface area (Å²) >= 11 is 0. The Balaban J connectivity index is 1.94. The second-order valence-corrected chi connectivity index (χ2v) is 7.22. The zero-order valence-electron chi connectivity index (χ0n) is 15.7. The molecule has 2 rings (SSSR count).